The average molecular weight is 444 g/mol. The van der Waals surface area contributed by atoms with E-state index in [1.165, 1.54) is 5.56 Å². The Morgan fingerprint density at radius 3 is 2.71 bits per heavy atom. The molecular weight excluding hydrogens is 414 g/mol. The van der Waals surface area contributed by atoms with Crippen molar-refractivity contribution >= 4 is 15.7 Å². The zero-order valence-corrected chi connectivity index (χ0v) is 18.5. The van der Waals surface area contributed by atoms with E-state index in [4.69, 9.17) is 9.47 Å². The molecule has 3 aliphatic heterocycles. The summed E-state index contributed by atoms with van der Waals surface area (Å²) in [5.41, 5.74) is 1.97. The number of likely N-dealkylation sites (tertiary alicyclic amines) is 1. The molecule has 5 rings (SSSR count). The molecule has 1 saturated heterocycles. The third-order valence-corrected chi connectivity index (χ3v) is 7.96. The third kappa shape index (κ3) is 4.37. The number of anilines is 1. The van der Waals surface area contributed by atoms with E-state index in [0.717, 1.165) is 50.4 Å². The smallest absolute Gasteiger partial charge is 0.244 e. The molecule has 0 saturated carbocycles. The molecule has 3 heterocycles. The maximum absolute atomic E-state index is 12.6. The van der Waals surface area contributed by atoms with Crippen LogP contribution in [0.25, 0.3) is 0 Å². The van der Waals surface area contributed by atoms with Gasteiger partial charge in [0.25, 0.3) is 0 Å². The van der Waals surface area contributed by atoms with Gasteiger partial charge >= 0.3 is 0 Å². The minimum atomic E-state index is -3.46. The van der Waals surface area contributed by atoms with Crippen molar-refractivity contribution < 1.29 is 17.9 Å². The number of piperidine rings is 1. The molecule has 166 valence electrons. The molecule has 2 aromatic carbocycles. The van der Waals surface area contributed by atoms with Crippen molar-refractivity contribution in [2.24, 2.45) is 11.8 Å². The largest absolute Gasteiger partial charge is 0.454 e. The summed E-state index contributed by atoms with van der Waals surface area (Å²) in [5, 5.41) is 3.40. The first-order chi connectivity index (χ1) is 15.0. The number of benzene rings is 2. The fourth-order valence-corrected chi connectivity index (χ4v) is 6.29. The number of fused-ring (bicyclic) bond motifs is 2. The number of nitrogens with zero attached hydrogens (tertiary/aromatic N) is 1. The SMILES string of the molecule is CC(Cc1ccc2c(c1)OCO2)CN1CCC(C2Nc3ccccc3S(=O)(=O)N2)CC1. The molecule has 1 fully saturated rings. The Morgan fingerprint density at radius 2 is 1.87 bits per heavy atom. The molecule has 2 N–H and O–H groups in total. The van der Waals surface area contributed by atoms with Crippen LogP contribution in [0.15, 0.2) is 47.4 Å². The fourth-order valence-electron chi connectivity index (χ4n) is 4.91. The first-order valence-corrected chi connectivity index (χ1v) is 12.4. The predicted octanol–water partition coefficient (Wildman–Crippen LogP) is 3.04. The van der Waals surface area contributed by atoms with Crippen LogP contribution in [0.1, 0.15) is 25.3 Å². The topological polar surface area (TPSA) is 79.9 Å². The molecular formula is C23H29N3O4S. The molecule has 3 aliphatic rings. The molecule has 2 atom stereocenters. The van der Waals surface area contributed by atoms with Crippen molar-refractivity contribution in [3.8, 4) is 11.5 Å². The van der Waals surface area contributed by atoms with Crippen molar-refractivity contribution in [2.75, 3.05) is 31.7 Å². The van der Waals surface area contributed by atoms with Crippen molar-refractivity contribution in [1.82, 2.24) is 9.62 Å². The highest BCUT2D eigenvalue weighted by Crippen LogP contribution is 2.34. The first-order valence-electron chi connectivity index (χ1n) is 11.0. The quantitative estimate of drug-likeness (QED) is 0.740. The number of hydrogen-bond acceptors (Lipinski definition) is 6. The van der Waals surface area contributed by atoms with Crippen LogP contribution in [-0.4, -0.2) is 45.9 Å². The fraction of sp³-hybridized carbons (Fsp3) is 0.478. The first kappa shape index (κ1) is 20.6. The van der Waals surface area contributed by atoms with Gasteiger partial charge in [-0.2, -0.15) is 4.72 Å². The number of sulfonamides is 1. The highest BCUT2D eigenvalue weighted by molar-refractivity contribution is 7.89. The van der Waals surface area contributed by atoms with Crippen LogP contribution >= 0.6 is 0 Å². The van der Waals surface area contributed by atoms with Gasteiger partial charge in [-0.15, -0.1) is 0 Å². The van der Waals surface area contributed by atoms with E-state index >= 15 is 0 Å². The van der Waals surface area contributed by atoms with E-state index in [0.29, 0.717) is 23.3 Å². The molecule has 0 spiro atoms. The summed E-state index contributed by atoms with van der Waals surface area (Å²) in [5.74, 6) is 2.47. The van der Waals surface area contributed by atoms with Crippen molar-refractivity contribution in [3.05, 3.63) is 48.0 Å². The van der Waals surface area contributed by atoms with E-state index in [1.807, 2.05) is 18.2 Å². The van der Waals surface area contributed by atoms with Gasteiger partial charge in [0.15, 0.2) is 11.5 Å². The Hall–Kier alpha value is -2.29. The lowest BCUT2D eigenvalue weighted by Crippen LogP contribution is -2.52. The lowest BCUT2D eigenvalue weighted by molar-refractivity contribution is 0.152. The van der Waals surface area contributed by atoms with Crippen molar-refractivity contribution in [2.45, 2.75) is 37.2 Å². The van der Waals surface area contributed by atoms with Crippen LogP contribution < -0.4 is 19.5 Å². The normalized spacial score (nSPS) is 23.7. The number of para-hydroxylation sites is 1. The second-order valence-electron chi connectivity index (χ2n) is 8.87. The molecule has 0 aliphatic carbocycles. The second kappa shape index (κ2) is 8.33. The lowest BCUT2D eigenvalue weighted by Gasteiger charge is -2.39. The third-order valence-electron chi connectivity index (χ3n) is 6.46. The van der Waals surface area contributed by atoms with Gasteiger partial charge in [-0.3, -0.25) is 0 Å². The van der Waals surface area contributed by atoms with Crippen LogP contribution in [0, 0.1) is 11.8 Å². The summed E-state index contributed by atoms with van der Waals surface area (Å²) in [4.78, 5) is 2.83. The number of hydrogen-bond donors (Lipinski definition) is 2. The molecule has 2 unspecified atom stereocenters. The molecule has 0 aromatic heterocycles. The van der Waals surface area contributed by atoms with Gasteiger partial charge in [0.1, 0.15) is 4.90 Å². The van der Waals surface area contributed by atoms with E-state index in [-0.39, 0.29) is 12.1 Å². The van der Waals surface area contributed by atoms with E-state index in [1.54, 1.807) is 12.1 Å². The Morgan fingerprint density at radius 1 is 1.10 bits per heavy atom. The Kier molecular flexibility index (Phi) is 5.54. The Balaban J connectivity index is 1.14. The van der Waals surface area contributed by atoms with Crippen LogP contribution in [0.4, 0.5) is 5.69 Å². The zero-order valence-electron chi connectivity index (χ0n) is 17.7. The number of ether oxygens (including phenoxy) is 2. The predicted molar refractivity (Wildman–Crippen MR) is 119 cm³/mol. The zero-order chi connectivity index (χ0) is 21.4. The summed E-state index contributed by atoms with van der Waals surface area (Å²) in [7, 11) is -3.46. The summed E-state index contributed by atoms with van der Waals surface area (Å²) in [6.07, 6.45) is 2.70. The molecule has 7 nitrogen and oxygen atoms in total. The molecule has 0 bridgehead atoms. The number of nitrogens with one attached hydrogen (secondary N) is 2. The van der Waals surface area contributed by atoms with E-state index in [2.05, 4.69) is 34.0 Å². The van der Waals surface area contributed by atoms with Crippen LogP contribution in [0.3, 0.4) is 0 Å². The second-order valence-corrected chi connectivity index (χ2v) is 10.6. The average Bonchev–Trinajstić information content (AvgIpc) is 3.21. The minimum Gasteiger partial charge on any atom is -0.454 e. The van der Waals surface area contributed by atoms with Gasteiger partial charge in [-0.1, -0.05) is 25.1 Å². The van der Waals surface area contributed by atoms with Gasteiger partial charge in [-0.05, 0) is 74.0 Å². The van der Waals surface area contributed by atoms with Crippen LogP contribution in [-0.2, 0) is 16.4 Å². The molecule has 0 amide bonds. The van der Waals surface area contributed by atoms with Crippen molar-refractivity contribution in [1.29, 1.82) is 0 Å². The Labute approximate surface area is 183 Å². The summed E-state index contributed by atoms with van der Waals surface area (Å²) < 4.78 is 38.9. The molecule has 0 radical (unpaired) electrons. The summed E-state index contributed by atoms with van der Waals surface area (Å²) in [6.45, 7) is 5.59. The van der Waals surface area contributed by atoms with Crippen molar-refractivity contribution in [3.63, 3.8) is 0 Å². The summed E-state index contributed by atoms with van der Waals surface area (Å²) in [6, 6.07) is 13.3. The lowest BCUT2D eigenvalue weighted by atomic mass is 9.92. The standard InChI is InChI=1S/C23H29N3O4S/c1-16(12-17-6-7-20-21(13-17)30-15-29-20)14-26-10-8-18(9-11-26)23-24-19-4-2-3-5-22(19)31(27,28)25-23/h2-7,13,16,18,23-25H,8-12,14-15H2,1H3. The maximum atomic E-state index is 12.6. The highest BCUT2D eigenvalue weighted by atomic mass is 32.2. The van der Waals surface area contributed by atoms with Crippen LogP contribution in [0.2, 0.25) is 0 Å². The van der Waals surface area contributed by atoms with Gasteiger partial charge in [0.2, 0.25) is 16.8 Å². The number of rotatable bonds is 5. The van der Waals surface area contributed by atoms with Gasteiger partial charge in [-0.25, -0.2) is 8.42 Å². The van der Waals surface area contributed by atoms with Gasteiger partial charge in [0.05, 0.1) is 11.9 Å². The highest BCUT2D eigenvalue weighted by Gasteiger charge is 2.35. The van der Waals surface area contributed by atoms with Gasteiger partial charge in [0, 0.05) is 6.54 Å². The minimum absolute atomic E-state index is 0.242. The van der Waals surface area contributed by atoms with Crippen LogP contribution in [0.5, 0.6) is 11.5 Å². The maximum Gasteiger partial charge on any atom is 0.244 e. The monoisotopic (exact) mass is 443 g/mol. The molecule has 31 heavy (non-hydrogen) atoms. The Bertz CT molecular complexity index is 1050. The van der Waals surface area contributed by atoms with E-state index in [9.17, 15) is 8.42 Å². The molecule has 2 aromatic rings. The van der Waals surface area contributed by atoms with E-state index < -0.39 is 10.0 Å². The van der Waals surface area contributed by atoms with Gasteiger partial charge < -0.3 is 19.7 Å². The summed E-state index contributed by atoms with van der Waals surface area (Å²) >= 11 is 0. The molecule has 8 heteroatoms.